The van der Waals surface area contributed by atoms with Gasteiger partial charge in [-0.25, -0.2) is 4.98 Å². The number of rotatable bonds is 6. The number of fused-ring (bicyclic) bond motifs is 1. The molecule has 0 aliphatic heterocycles. The van der Waals surface area contributed by atoms with Crippen molar-refractivity contribution >= 4 is 10.9 Å². The highest BCUT2D eigenvalue weighted by Gasteiger charge is 2.17. The van der Waals surface area contributed by atoms with Crippen LogP contribution in [0.15, 0.2) is 54.6 Å². The third-order valence-corrected chi connectivity index (χ3v) is 5.41. The lowest BCUT2D eigenvalue weighted by molar-refractivity contribution is 0.0150. The Labute approximate surface area is 161 Å². The zero-order valence-electron chi connectivity index (χ0n) is 16.0. The fourth-order valence-electron chi connectivity index (χ4n) is 3.81. The minimum atomic E-state index is 0.375. The van der Waals surface area contributed by atoms with E-state index in [1.807, 2.05) is 36.4 Å². The van der Waals surface area contributed by atoms with Crippen molar-refractivity contribution in [3.05, 3.63) is 71.4 Å². The zero-order chi connectivity index (χ0) is 18.5. The number of nitrogens with zero attached hydrogens (tertiary/aromatic N) is 1. The van der Waals surface area contributed by atoms with Gasteiger partial charge in [0.2, 0.25) is 0 Å². The lowest BCUT2D eigenvalue weighted by Crippen LogP contribution is -2.17. The Morgan fingerprint density at radius 1 is 0.889 bits per heavy atom. The van der Waals surface area contributed by atoms with Crippen molar-refractivity contribution in [2.24, 2.45) is 0 Å². The van der Waals surface area contributed by atoms with E-state index in [0.717, 1.165) is 33.5 Å². The first-order chi connectivity index (χ1) is 13.3. The number of pyridine rings is 1. The average Bonchev–Trinajstić information content (AvgIpc) is 2.73. The highest BCUT2D eigenvalue weighted by molar-refractivity contribution is 5.86. The molecule has 1 aliphatic carbocycles. The number of ether oxygens (including phenoxy) is 2. The van der Waals surface area contributed by atoms with Gasteiger partial charge in [-0.3, -0.25) is 0 Å². The Balaban J connectivity index is 1.59. The SMILES string of the molecule is Cc1c(COC2CCCCC2)nc2ccccc2c1OCc1ccccc1. The van der Waals surface area contributed by atoms with Crippen LogP contribution in [0.4, 0.5) is 0 Å². The van der Waals surface area contributed by atoms with Gasteiger partial charge in [-0.2, -0.15) is 0 Å². The minimum Gasteiger partial charge on any atom is -0.488 e. The molecular weight excluding hydrogens is 334 g/mol. The molecule has 0 radical (unpaired) electrons. The van der Waals surface area contributed by atoms with Gasteiger partial charge in [0, 0.05) is 10.9 Å². The number of hydrogen-bond acceptors (Lipinski definition) is 3. The maximum atomic E-state index is 6.27. The van der Waals surface area contributed by atoms with Gasteiger partial charge in [0.05, 0.1) is 23.9 Å². The fourth-order valence-corrected chi connectivity index (χ4v) is 3.81. The summed E-state index contributed by atoms with van der Waals surface area (Å²) in [5.41, 5.74) is 4.20. The number of benzene rings is 2. The monoisotopic (exact) mass is 361 g/mol. The van der Waals surface area contributed by atoms with E-state index in [0.29, 0.717) is 19.3 Å². The van der Waals surface area contributed by atoms with Crippen molar-refractivity contribution in [2.45, 2.75) is 58.3 Å². The number of hydrogen-bond donors (Lipinski definition) is 0. The molecule has 27 heavy (non-hydrogen) atoms. The summed E-state index contributed by atoms with van der Waals surface area (Å²) >= 11 is 0. The number of aromatic nitrogens is 1. The van der Waals surface area contributed by atoms with E-state index in [2.05, 4.69) is 25.1 Å². The second-order valence-corrected chi connectivity index (χ2v) is 7.38. The van der Waals surface area contributed by atoms with Crippen LogP contribution in [0.1, 0.15) is 48.9 Å². The van der Waals surface area contributed by atoms with Gasteiger partial charge >= 0.3 is 0 Å². The Morgan fingerprint density at radius 2 is 1.63 bits per heavy atom. The molecule has 0 bridgehead atoms. The third kappa shape index (κ3) is 4.30. The van der Waals surface area contributed by atoms with E-state index < -0.39 is 0 Å². The summed E-state index contributed by atoms with van der Waals surface area (Å²) in [5, 5.41) is 1.06. The molecule has 3 aromatic rings. The number of para-hydroxylation sites is 1. The highest BCUT2D eigenvalue weighted by Crippen LogP contribution is 2.32. The van der Waals surface area contributed by atoms with Crippen LogP contribution in [-0.4, -0.2) is 11.1 Å². The van der Waals surface area contributed by atoms with E-state index in [1.54, 1.807) is 0 Å². The molecule has 0 amide bonds. The minimum absolute atomic E-state index is 0.375. The standard InChI is InChI=1S/C24H27NO2/c1-18-23(17-26-20-12-6-3-7-13-20)25-22-15-9-8-14-21(22)24(18)27-16-19-10-4-2-5-11-19/h2,4-5,8-11,14-15,20H,3,6-7,12-13,16-17H2,1H3. The molecule has 0 saturated heterocycles. The van der Waals surface area contributed by atoms with E-state index in [4.69, 9.17) is 14.5 Å². The topological polar surface area (TPSA) is 31.4 Å². The third-order valence-electron chi connectivity index (χ3n) is 5.41. The Bertz CT molecular complexity index is 886. The molecule has 0 unspecified atom stereocenters. The van der Waals surface area contributed by atoms with E-state index >= 15 is 0 Å². The summed E-state index contributed by atoms with van der Waals surface area (Å²) in [6.45, 7) is 3.21. The van der Waals surface area contributed by atoms with E-state index in [9.17, 15) is 0 Å². The van der Waals surface area contributed by atoms with Crippen molar-refractivity contribution < 1.29 is 9.47 Å². The first kappa shape index (κ1) is 18.0. The van der Waals surface area contributed by atoms with Crippen molar-refractivity contribution in [3.8, 4) is 5.75 Å². The molecule has 2 aromatic carbocycles. The smallest absolute Gasteiger partial charge is 0.134 e. The van der Waals surface area contributed by atoms with Crippen LogP contribution in [0.25, 0.3) is 10.9 Å². The van der Waals surface area contributed by atoms with Gasteiger partial charge < -0.3 is 9.47 Å². The van der Waals surface area contributed by atoms with Crippen LogP contribution in [0.5, 0.6) is 5.75 Å². The molecule has 3 nitrogen and oxygen atoms in total. The summed E-state index contributed by atoms with van der Waals surface area (Å²) < 4.78 is 12.5. The van der Waals surface area contributed by atoms with E-state index in [-0.39, 0.29) is 0 Å². The summed E-state index contributed by atoms with van der Waals surface area (Å²) in [6.07, 6.45) is 6.61. The quantitative estimate of drug-likeness (QED) is 0.542. The van der Waals surface area contributed by atoms with Crippen LogP contribution in [0.2, 0.25) is 0 Å². The van der Waals surface area contributed by atoms with Crippen LogP contribution in [-0.2, 0) is 18.0 Å². The molecule has 0 atom stereocenters. The molecule has 1 saturated carbocycles. The zero-order valence-corrected chi connectivity index (χ0v) is 16.0. The lowest BCUT2D eigenvalue weighted by atomic mass is 9.98. The lowest BCUT2D eigenvalue weighted by Gasteiger charge is -2.23. The second kappa shape index (κ2) is 8.53. The molecule has 4 rings (SSSR count). The Morgan fingerprint density at radius 3 is 2.44 bits per heavy atom. The van der Waals surface area contributed by atoms with Gasteiger partial charge in [0.15, 0.2) is 0 Å². The van der Waals surface area contributed by atoms with Crippen molar-refractivity contribution in [1.29, 1.82) is 0 Å². The van der Waals surface area contributed by atoms with E-state index in [1.165, 1.54) is 32.1 Å². The molecule has 1 aliphatic rings. The Hall–Kier alpha value is -2.39. The molecule has 0 N–H and O–H groups in total. The molecule has 3 heteroatoms. The summed E-state index contributed by atoms with van der Waals surface area (Å²) in [5.74, 6) is 0.923. The van der Waals surface area contributed by atoms with Crippen molar-refractivity contribution in [2.75, 3.05) is 0 Å². The second-order valence-electron chi connectivity index (χ2n) is 7.38. The van der Waals surface area contributed by atoms with Crippen molar-refractivity contribution in [3.63, 3.8) is 0 Å². The fraction of sp³-hybridized carbons (Fsp3) is 0.375. The largest absolute Gasteiger partial charge is 0.488 e. The summed E-state index contributed by atoms with van der Waals surface area (Å²) in [7, 11) is 0. The maximum Gasteiger partial charge on any atom is 0.134 e. The van der Waals surface area contributed by atoms with Crippen LogP contribution in [0.3, 0.4) is 0 Å². The molecule has 1 fully saturated rings. The maximum absolute atomic E-state index is 6.27. The van der Waals surface area contributed by atoms with Gasteiger partial charge in [-0.05, 0) is 37.5 Å². The summed E-state index contributed by atoms with van der Waals surface area (Å²) in [6, 6.07) is 18.5. The normalized spacial score (nSPS) is 15.1. The van der Waals surface area contributed by atoms with Gasteiger partial charge in [0.25, 0.3) is 0 Å². The average molecular weight is 361 g/mol. The molecule has 0 spiro atoms. The van der Waals surface area contributed by atoms with Crippen LogP contribution < -0.4 is 4.74 Å². The van der Waals surface area contributed by atoms with Crippen LogP contribution >= 0.6 is 0 Å². The van der Waals surface area contributed by atoms with Gasteiger partial charge in [-0.15, -0.1) is 0 Å². The molecule has 140 valence electrons. The molecule has 1 heterocycles. The Kier molecular flexibility index (Phi) is 5.69. The van der Waals surface area contributed by atoms with Crippen LogP contribution in [0, 0.1) is 6.92 Å². The predicted octanol–water partition coefficient (Wildman–Crippen LogP) is 5.97. The highest BCUT2D eigenvalue weighted by atomic mass is 16.5. The molecule has 1 aromatic heterocycles. The van der Waals surface area contributed by atoms with Crippen molar-refractivity contribution in [1.82, 2.24) is 4.98 Å². The van der Waals surface area contributed by atoms with Gasteiger partial charge in [0.1, 0.15) is 12.4 Å². The molecular formula is C24H27NO2. The summed E-state index contributed by atoms with van der Waals surface area (Å²) in [4.78, 5) is 4.87. The van der Waals surface area contributed by atoms with Gasteiger partial charge in [-0.1, -0.05) is 61.7 Å². The predicted molar refractivity (Wildman–Crippen MR) is 109 cm³/mol. The first-order valence-corrected chi connectivity index (χ1v) is 9.98. The first-order valence-electron chi connectivity index (χ1n) is 9.98.